The summed E-state index contributed by atoms with van der Waals surface area (Å²) in [6.45, 7) is -0.742. The van der Waals surface area contributed by atoms with Gasteiger partial charge in [-0.15, -0.1) is 0 Å². The molecule has 9 atom stereocenters. The van der Waals surface area contributed by atoms with Crippen molar-refractivity contribution < 1.29 is 64.9 Å². The van der Waals surface area contributed by atoms with Crippen molar-refractivity contribution in [2.45, 2.75) is 55.1 Å². The van der Waals surface area contributed by atoms with Crippen LogP contribution in [0.15, 0.2) is 0 Å². The second-order valence-corrected chi connectivity index (χ2v) is 8.06. The van der Waals surface area contributed by atoms with E-state index in [4.69, 9.17) is 37.9 Å². The van der Waals surface area contributed by atoms with Crippen LogP contribution in [-0.2, 0) is 57.3 Å². The quantitative estimate of drug-likeness (QED) is 0.252. The highest BCUT2D eigenvalue weighted by Crippen LogP contribution is 2.32. The molecule has 2 heterocycles. The summed E-state index contributed by atoms with van der Waals surface area (Å²) in [5.41, 5.74) is 0. The van der Waals surface area contributed by atoms with Crippen molar-refractivity contribution in [2.24, 2.45) is 0 Å². The summed E-state index contributed by atoms with van der Waals surface area (Å²) in [6.07, 6.45) is -9.28. The summed E-state index contributed by atoms with van der Waals surface area (Å²) in [4.78, 5) is 11.8. The first-order chi connectivity index (χ1) is 15.1. The van der Waals surface area contributed by atoms with Gasteiger partial charge in [0.25, 0.3) is 0 Å². The molecule has 0 aromatic heterocycles. The number of methoxy groups -OCH3 is 5. The van der Waals surface area contributed by atoms with Gasteiger partial charge >= 0.3 is 5.97 Å². The first kappa shape index (κ1) is 27.3. The summed E-state index contributed by atoms with van der Waals surface area (Å²) in [5.74, 6) is -1.30. The number of ether oxygens (including phenoxy) is 8. The molecule has 2 saturated heterocycles. The summed E-state index contributed by atoms with van der Waals surface area (Å²) in [7, 11) is 1.78. The summed E-state index contributed by atoms with van der Waals surface area (Å²) < 4.78 is 81.3. The van der Waals surface area contributed by atoms with Gasteiger partial charge in [0.2, 0.25) is 10.4 Å². The Bertz CT molecular complexity index is 701. The van der Waals surface area contributed by atoms with Crippen molar-refractivity contribution in [1.29, 1.82) is 0 Å². The van der Waals surface area contributed by atoms with Crippen LogP contribution in [0.25, 0.3) is 0 Å². The second kappa shape index (κ2) is 11.9. The zero-order valence-electron chi connectivity index (χ0n) is 18.3. The summed E-state index contributed by atoms with van der Waals surface area (Å²) >= 11 is 0. The minimum Gasteiger partial charge on any atom is -0.726 e. The van der Waals surface area contributed by atoms with Crippen molar-refractivity contribution in [3.05, 3.63) is 0 Å². The van der Waals surface area contributed by atoms with Crippen molar-refractivity contribution >= 4 is 16.4 Å². The monoisotopic (exact) mass is 489 g/mol. The molecule has 32 heavy (non-hydrogen) atoms. The molecule has 0 radical (unpaired) electrons. The lowest BCUT2D eigenvalue weighted by atomic mass is 9.96. The van der Waals surface area contributed by atoms with E-state index in [9.17, 15) is 22.9 Å². The van der Waals surface area contributed by atoms with E-state index in [0.717, 1.165) is 0 Å². The van der Waals surface area contributed by atoms with Crippen LogP contribution >= 0.6 is 0 Å². The van der Waals surface area contributed by atoms with Crippen LogP contribution < -0.4 is 0 Å². The van der Waals surface area contributed by atoms with E-state index in [-0.39, 0.29) is 6.61 Å². The predicted molar refractivity (Wildman–Crippen MR) is 101 cm³/mol. The molecule has 0 aliphatic carbocycles. The van der Waals surface area contributed by atoms with Crippen LogP contribution in [0.3, 0.4) is 0 Å². The largest absolute Gasteiger partial charge is 0.726 e. The van der Waals surface area contributed by atoms with Crippen molar-refractivity contribution in [3.8, 4) is 0 Å². The Kier molecular flexibility index (Phi) is 10.2. The molecule has 2 aliphatic heterocycles. The molecule has 188 valence electrons. The van der Waals surface area contributed by atoms with Gasteiger partial charge in [0, 0.05) is 35.5 Å². The highest BCUT2D eigenvalue weighted by molar-refractivity contribution is 7.80. The van der Waals surface area contributed by atoms with Crippen LogP contribution in [0, 0.1) is 0 Å². The fourth-order valence-electron chi connectivity index (χ4n) is 3.85. The fourth-order valence-corrected chi connectivity index (χ4v) is 4.15. The number of hydrogen-bond acceptors (Lipinski definition) is 13. The Morgan fingerprint density at radius 2 is 1.53 bits per heavy atom. The van der Waals surface area contributed by atoms with Crippen LogP contribution in [0.2, 0.25) is 0 Å². The molecule has 0 amide bonds. The van der Waals surface area contributed by atoms with Crippen LogP contribution in [0.4, 0.5) is 0 Å². The lowest BCUT2D eigenvalue weighted by Crippen LogP contribution is -2.65. The zero-order valence-corrected chi connectivity index (χ0v) is 19.1. The first-order valence-electron chi connectivity index (χ1n) is 9.51. The summed E-state index contributed by atoms with van der Waals surface area (Å²) in [6, 6.07) is 0. The highest BCUT2D eigenvalue weighted by Gasteiger charge is 2.52. The van der Waals surface area contributed by atoms with Crippen LogP contribution in [-0.4, -0.2) is 128 Å². The number of carbonyl (C=O) groups is 1. The van der Waals surface area contributed by atoms with Crippen molar-refractivity contribution in [2.75, 3.05) is 48.8 Å². The van der Waals surface area contributed by atoms with E-state index in [1.807, 2.05) is 0 Å². The first-order valence-corrected chi connectivity index (χ1v) is 10.8. The molecular weight excluding hydrogens is 460 g/mol. The predicted octanol–water partition coefficient (Wildman–Crippen LogP) is -1.87. The maximum atomic E-state index is 11.8. The van der Waals surface area contributed by atoms with Gasteiger partial charge in [0.15, 0.2) is 12.4 Å². The van der Waals surface area contributed by atoms with Crippen LogP contribution in [0.5, 0.6) is 0 Å². The average molecular weight is 489 g/mol. The smallest absolute Gasteiger partial charge is 0.335 e. The molecule has 0 saturated carbocycles. The Morgan fingerprint density at radius 3 is 2.00 bits per heavy atom. The standard InChI is InChI=1S/C17H30O14S/c1-23-8-6-28-14(16(18)19)13(10(8)24-2)31-17-15(27-5)12(26-4)11(25-3)9(30-17)7-29-32(20,21)22/h8-15,17H,6-7H2,1-5H3,(H,18,19)(H,20,21,22)/p-1/t8?,9?,10?,11-,12?,13+,14?,15?,17-/m0/s1. The average Bonchev–Trinajstić information content (AvgIpc) is 2.75. The van der Waals surface area contributed by atoms with Gasteiger partial charge < -0.3 is 47.6 Å². The zero-order chi connectivity index (χ0) is 24.1. The van der Waals surface area contributed by atoms with Gasteiger partial charge in [-0.1, -0.05) is 0 Å². The van der Waals surface area contributed by atoms with E-state index in [1.165, 1.54) is 35.5 Å². The highest BCUT2D eigenvalue weighted by atomic mass is 32.3. The van der Waals surface area contributed by atoms with Crippen LogP contribution in [0.1, 0.15) is 0 Å². The Hall–Kier alpha value is -0.980. The number of aliphatic carboxylic acids is 1. The number of rotatable bonds is 11. The van der Waals surface area contributed by atoms with Crippen molar-refractivity contribution in [3.63, 3.8) is 0 Å². The molecule has 0 spiro atoms. The van der Waals surface area contributed by atoms with E-state index in [1.54, 1.807) is 0 Å². The molecule has 15 heteroatoms. The Morgan fingerprint density at radius 1 is 0.938 bits per heavy atom. The fraction of sp³-hybridized carbons (Fsp3) is 0.941. The maximum Gasteiger partial charge on any atom is 0.335 e. The molecule has 0 aromatic rings. The molecule has 0 aromatic carbocycles. The molecule has 14 nitrogen and oxygen atoms in total. The number of hydrogen-bond donors (Lipinski definition) is 1. The minimum absolute atomic E-state index is 0.0463. The third kappa shape index (κ3) is 6.32. The maximum absolute atomic E-state index is 11.8. The van der Waals surface area contributed by atoms with Gasteiger partial charge in [-0.25, -0.2) is 13.2 Å². The van der Waals surface area contributed by atoms with E-state index >= 15 is 0 Å². The molecular formula is C17H29O14S-. The molecule has 1 N–H and O–H groups in total. The Labute approximate surface area is 185 Å². The summed E-state index contributed by atoms with van der Waals surface area (Å²) in [5, 5.41) is 9.60. The van der Waals surface area contributed by atoms with Gasteiger partial charge in [-0.05, 0) is 0 Å². The molecule has 2 fully saturated rings. The van der Waals surface area contributed by atoms with E-state index in [0.29, 0.717) is 0 Å². The second-order valence-electron chi connectivity index (χ2n) is 7.00. The van der Waals surface area contributed by atoms with E-state index < -0.39 is 78.1 Å². The topological polar surface area (TPSA) is 178 Å². The van der Waals surface area contributed by atoms with E-state index in [2.05, 4.69) is 4.18 Å². The minimum atomic E-state index is -5.02. The lowest BCUT2D eigenvalue weighted by molar-refractivity contribution is -0.342. The number of carboxylic acids is 1. The lowest BCUT2D eigenvalue weighted by Gasteiger charge is -2.47. The van der Waals surface area contributed by atoms with Crippen molar-refractivity contribution in [1.82, 2.24) is 0 Å². The molecule has 0 bridgehead atoms. The van der Waals surface area contributed by atoms with Gasteiger partial charge in [-0.2, -0.15) is 0 Å². The third-order valence-electron chi connectivity index (χ3n) is 5.32. The third-order valence-corrected chi connectivity index (χ3v) is 5.75. The van der Waals surface area contributed by atoms with Gasteiger partial charge in [0.1, 0.15) is 42.7 Å². The number of carboxylic acid groups (broad SMARTS) is 1. The molecule has 2 aliphatic rings. The molecule has 2 rings (SSSR count). The molecule has 6 unspecified atom stereocenters. The van der Waals surface area contributed by atoms with Gasteiger partial charge in [0.05, 0.1) is 13.2 Å². The van der Waals surface area contributed by atoms with Gasteiger partial charge in [-0.3, -0.25) is 4.18 Å². The SMILES string of the molecule is COC1COC(C(=O)O)[C@H](O[C@@H]2OC(COS(=O)(=O)[O-])[C@H](OC)C(OC)C2OC)C1OC. The normalized spacial score (nSPS) is 38.5. The Balaban J connectivity index is 2.34.